The van der Waals surface area contributed by atoms with Gasteiger partial charge in [0.2, 0.25) is 0 Å². The van der Waals surface area contributed by atoms with Gasteiger partial charge in [-0.1, -0.05) is 141 Å². The van der Waals surface area contributed by atoms with E-state index in [1.54, 1.807) is 0 Å². The smallest absolute Gasteiger partial charge is 0.407 e. The van der Waals surface area contributed by atoms with Crippen molar-refractivity contribution < 1.29 is 42.5 Å². The zero-order valence-corrected chi connectivity index (χ0v) is 37.9. The summed E-state index contributed by atoms with van der Waals surface area (Å²) >= 11 is 0. The lowest BCUT2D eigenvalue weighted by molar-refractivity contribution is -0.161. The Morgan fingerprint density at radius 2 is 1.08 bits per heavy atom. The maximum absolute atomic E-state index is 12.9. The van der Waals surface area contributed by atoms with Crippen LogP contribution < -0.4 is 5.32 Å². The van der Waals surface area contributed by atoms with Crippen LogP contribution in [-0.4, -0.2) is 94.6 Å². The van der Waals surface area contributed by atoms with Crippen molar-refractivity contribution in [3.63, 3.8) is 0 Å². The van der Waals surface area contributed by atoms with E-state index in [4.69, 9.17) is 23.7 Å². The van der Waals surface area contributed by atoms with Crippen molar-refractivity contribution in [3.8, 4) is 0 Å². The topological polar surface area (TPSA) is 113 Å². The van der Waals surface area contributed by atoms with Crippen LogP contribution in [0.2, 0.25) is 0 Å². The Morgan fingerprint density at radius 1 is 0.610 bits per heavy atom. The van der Waals surface area contributed by atoms with E-state index in [0.29, 0.717) is 45.7 Å². The van der Waals surface area contributed by atoms with Crippen LogP contribution in [0.1, 0.15) is 188 Å². The first-order chi connectivity index (χ1) is 28.9. The number of hydrogen-bond donors (Lipinski definition) is 1. The molecule has 1 N–H and O–H groups in total. The first kappa shape index (κ1) is 54.5. The summed E-state index contributed by atoms with van der Waals surface area (Å²) in [7, 11) is 0. The Labute approximate surface area is 359 Å². The first-order valence-corrected chi connectivity index (χ1v) is 24.0. The van der Waals surface area contributed by atoms with Crippen molar-refractivity contribution >= 4 is 18.0 Å². The summed E-state index contributed by atoms with van der Waals surface area (Å²) in [6.45, 7) is 8.73. The van der Waals surface area contributed by atoms with Crippen LogP contribution in [-0.2, 0) is 33.3 Å². The molecule has 1 saturated heterocycles. The van der Waals surface area contributed by atoms with Crippen molar-refractivity contribution in [2.45, 2.75) is 200 Å². The second-order valence-electron chi connectivity index (χ2n) is 16.3. The number of nitrogens with one attached hydrogen (secondary N) is 1. The van der Waals surface area contributed by atoms with Gasteiger partial charge in [-0.2, -0.15) is 0 Å². The molecule has 10 nitrogen and oxygen atoms in total. The number of amides is 1. The molecular weight excluding hydrogens is 752 g/mol. The molecular formula is C48H87FN2O8. The lowest BCUT2D eigenvalue weighted by atomic mass is 10.1. The van der Waals surface area contributed by atoms with Crippen LogP contribution in [0.4, 0.5) is 9.18 Å². The van der Waals surface area contributed by atoms with Crippen LogP contribution in [0.5, 0.6) is 0 Å². The molecule has 1 aliphatic rings. The number of alkyl carbamates (subject to hydrolysis) is 1. The Bertz CT molecular complexity index is 1040. The number of likely N-dealkylation sites (tertiary alicyclic amines) is 1. The summed E-state index contributed by atoms with van der Waals surface area (Å²) in [6.07, 6.45) is 34.9. The van der Waals surface area contributed by atoms with Gasteiger partial charge in [-0.05, 0) is 51.4 Å². The van der Waals surface area contributed by atoms with E-state index in [2.05, 4.69) is 50.4 Å². The number of allylic oxidation sites excluding steroid dienone is 4. The van der Waals surface area contributed by atoms with Crippen LogP contribution in [0.15, 0.2) is 24.3 Å². The van der Waals surface area contributed by atoms with Crippen molar-refractivity contribution in [1.82, 2.24) is 10.2 Å². The number of ether oxygens (including phenoxy) is 5. The molecule has 11 heteroatoms. The fraction of sp³-hybridized carbons (Fsp3) is 0.854. The Balaban J connectivity index is 2.50. The van der Waals surface area contributed by atoms with Gasteiger partial charge >= 0.3 is 18.0 Å². The third-order valence-corrected chi connectivity index (χ3v) is 10.6. The van der Waals surface area contributed by atoms with Gasteiger partial charge < -0.3 is 29.0 Å². The van der Waals surface area contributed by atoms with E-state index in [-0.39, 0.29) is 38.3 Å². The SMILES string of the molecule is CCCCC/C=C\C/C=C\CCCCCCCC(=O)OCC(COC(=O)CCC(OCCCCCCCC)OCCCCCCCC)COC(=O)NC1CN(CCF)C1. The average molecular weight is 839 g/mol. The number of rotatable bonds is 42. The van der Waals surface area contributed by atoms with Gasteiger partial charge in [-0.3, -0.25) is 14.5 Å². The van der Waals surface area contributed by atoms with E-state index in [1.165, 1.54) is 77.0 Å². The van der Waals surface area contributed by atoms with Crippen molar-refractivity contribution in [2.24, 2.45) is 5.92 Å². The van der Waals surface area contributed by atoms with E-state index < -0.39 is 30.9 Å². The summed E-state index contributed by atoms with van der Waals surface area (Å²) in [5, 5.41) is 2.79. The van der Waals surface area contributed by atoms with Gasteiger partial charge in [0.15, 0.2) is 6.29 Å². The lowest BCUT2D eigenvalue weighted by Gasteiger charge is -2.38. The van der Waals surface area contributed by atoms with Crippen molar-refractivity contribution in [1.29, 1.82) is 0 Å². The molecule has 1 amide bonds. The zero-order chi connectivity index (χ0) is 42.9. The molecule has 0 bridgehead atoms. The van der Waals surface area contributed by atoms with Crippen molar-refractivity contribution in [3.05, 3.63) is 24.3 Å². The normalized spacial score (nSPS) is 14.0. The minimum Gasteiger partial charge on any atom is -0.465 e. The highest BCUT2D eigenvalue weighted by atomic mass is 19.1. The molecule has 0 aromatic heterocycles. The van der Waals surface area contributed by atoms with E-state index in [0.717, 1.165) is 70.6 Å². The molecule has 0 aromatic rings. The molecule has 0 saturated carbocycles. The number of halogens is 1. The van der Waals surface area contributed by atoms with Gasteiger partial charge in [-0.15, -0.1) is 0 Å². The Hall–Kier alpha value is -2.50. The molecule has 1 unspecified atom stereocenters. The lowest BCUT2D eigenvalue weighted by Crippen LogP contribution is -2.59. The van der Waals surface area contributed by atoms with Crippen LogP contribution in [0, 0.1) is 5.92 Å². The number of unbranched alkanes of at least 4 members (excludes halogenated alkanes) is 18. The Morgan fingerprint density at radius 3 is 1.66 bits per heavy atom. The summed E-state index contributed by atoms with van der Waals surface area (Å²) in [5.41, 5.74) is 0. The van der Waals surface area contributed by atoms with E-state index in [9.17, 15) is 18.8 Å². The second kappa shape index (κ2) is 40.9. The molecule has 1 aliphatic heterocycles. The molecule has 59 heavy (non-hydrogen) atoms. The standard InChI is InChI=1S/C48H87FN2O8/c1-4-7-10-13-16-17-18-19-20-21-22-23-24-25-28-31-45(52)57-40-43(42-59-48(54)50-44-38-51(39-44)35-34-49)41-58-46(53)32-33-47(55-36-29-26-14-11-8-5-2)56-37-30-27-15-12-9-6-3/h16-17,19-20,43-44,47H,4-15,18,21-42H2,1-3H3,(H,50,54)/b17-16-,20-19-. The highest BCUT2D eigenvalue weighted by Crippen LogP contribution is 2.14. The van der Waals surface area contributed by atoms with Gasteiger partial charge in [0.25, 0.3) is 0 Å². The molecule has 1 fully saturated rings. The number of nitrogens with zero attached hydrogens (tertiary/aromatic N) is 1. The molecule has 0 radical (unpaired) electrons. The second-order valence-corrected chi connectivity index (χ2v) is 16.3. The first-order valence-electron chi connectivity index (χ1n) is 24.0. The molecule has 0 aliphatic carbocycles. The molecule has 1 rings (SSSR count). The van der Waals surface area contributed by atoms with Crippen LogP contribution in [0.25, 0.3) is 0 Å². The third-order valence-electron chi connectivity index (χ3n) is 10.6. The fourth-order valence-electron chi connectivity index (χ4n) is 6.80. The van der Waals surface area contributed by atoms with Crippen LogP contribution in [0.3, 0.4) is 0 Å². The largest absolute Gasteiger partial charge is 0.465 e. The Kier molecular flexibility index (Phi) is 37.8. The zero-order valence-electron chi connectivity index (χ0n) is 37.9. The fourth-order valence-corrected chi connectivity index (χ4v) is 6.80. The molecule has 344 valence electrons. The minimum atomic E-state index is -0.601. The highest BCUT2D eigenvalue weighted by Gasteiger charge is 2.28. The molecule has 1 atom stereocenters. The molecule has 0 aromatic carbocycles. The van der Waals surface area contributed by atoms with E-state index >= 15 is 0 Å². The highest BCUT2D eigenvalue weighted by molar-refractivity contribution is 5.70. The summed E-state index contributed by atoms with van der Waals surface area (Å²) in [4.78, 5) is 40.0. The van der Waals surface area contributed by atoms with Gasteiger partial charge in [0.1, 0.15) is 26.5 Å². The number of alkyl halides is 1. The maximum Gasteiger partial charge on any atom is 0.407 e. The average Bonchev–Trinajstić information content (AvgIpc) is 3.22. The monoisotopic (exact) mass is 839 g/mol. The van der Waals surface area contributed by atoms with Gasteiger partial charge in [0.05, 0.1) is 18.4 Å². The molecule has 0 spiro atoms. The molecule has 1 heterocycles. The number of esters is 2. The summed E-state index contributed by atoms with van der Waals surface area (Å²) in [6, 6.07) is -0.105. The van der Waals surface area contributed by atoms with Crippen LogP contribution >= 0.6 is 0 Å². The minimum absolute atomic E-state index is 0.0290. The predicted octanol–water partition coefficient (Wildman–Crippen LogP) is 11.7. The van der Waals surface area contributed by atoms with E-state index in [1.807, 2.05) is 4.90 Å². The summed E-state index contributed by atoms with van der Waals surface area (Å²) < 4.78 is 41.4. The van der Waals surface area contributed by atoms with Gasteiger partial charge in [-0.25, -0.2) is 9.18 Å². The van der Waals surface area contributed by atoms with Crippen molar-refractivity contribution in [2.75, 3.05) is 59.3 Å². The number of carbonyl (C=O) groups is 3. The quantitative estimate of drug-likeness (QED) is 0.0211. The number of hydrogen-bond acceptors (Lipinski definition) is 9. The maximum atomic E-state index is 12.9. The summed E-state index contributed by atoms with van der Waals surface area (Å²) in [5.74, 6) is -1.24. The van der Waals surface area contributed by atoms with Gasteiger partial charge in [0, 0.05) is 45.7 Å². The predicted molar refractivity (Wildman–Crippen MR) is 237 cm³/mol. The third kappa shape index (κ3) is 34.9. The number of carbonyl (C=O) groups excluding carboxylic acids is 3.